The van der Waals surface area contributed by atoms with E-state index < -0.39 is 0 Å². The Hall–Kier alpha value is 0.272. The molecule has 0 heterocycles. The first kappa shape index (κ1) is 8.27. The fraction of sp³-hybridized carbons (Fsp3) is 0.714. The summed E-state index contributed by atoms with van der Waals surface area (Å²) in [4.78, 5) is 0. The third-order valence-corrected chi connectivity index (χ3v) is 1.97. The van der Waals surface area contributed by atoms with Crippen LogP contribution < -0.4 is 0 Å². The number of hydrogen-bond donors (Lipinski definition) is 0. The summed E-state index contributed by atoms with van der Waals surface area (Å²) < 4.78 is 0. The lowest BCUT2D eigenvalue weighted by atomic mass is 10.2. The summed E-state index contributed by atoms with van der Waals surface area (Å²) in [7, 11) is 0. The van der Waals surface area contributed by atoms with Crippen LogP contribution in [-0.2, 0) is 0 Å². The van der Waals surface area contributed by atoms with Crippen molar-refractivity contribution in [3.8, 4) is 0 Å². The molecule has 0 saturated carbocycles. The van der Waals surface area contributed by atoms with Gasteiger partial charge in [-0.3, -0.25) is 0 Å². The molecule has 0 aromatic carbocycles. The quantitative estimate of drug-likeness (QED) is 0.299. The molecule has 0 nitrogen and oxygen atoms in total. The molecule has 0 atom stereocenters. The molecule has 46 valence electrons. The Kier molecular flexibility index (Phi) is 7.52. The Morgan fingerprint density at radius 1 is 1.25 bits per heavy atom. The number of hydrogen-bond acceptors (Lipinski definition) is 0. The Bertz CT molecular complexity index is 50.3. The van der Waals surface area contributed by atoms with Gasteiger partial charge in [-0.05, 0) is 12.8 Å². The summed E-state index contributed by atoms with van der Waals surface area (Å²) in [6.07, 6.45) is 7.43. The van der Waals surface area contributed by atoms with Crippen molar-refractivity contribution in [1.82, 2.24) is 0 Å². The highest BCUT2D eigenvalue weighted by atomic mass is 27.0. The molecule has 0 N–H and O–H groups in total. The Labute approximate surface area is 60.4 Å². The zero-order valence-corrected chi connectivity index (χ0v) is 7.82. The summed E-state index contributed by atoms with van der Waals surface area (Å²) in [6, 6.07) is 0. The van der Waals surface area contributed by atoms with E-state index in [0.717, 1.165) is 0 Å². The standard InChI is InChI=1S/C7H13.Al.2H/c1-3-5-7-6-4-2;;;/h3H,1-2,4-7H2;;;. The van der Waals surface area contributed by atoms with Gasteiger partial charge in [0.05, 0.1) is 0 Å². The monoisotopic (exact) mass is 126 g/mol. The van der Waals surface area contributed by atoms with Gasteiger partial charge in [0.25, 0.3) is 0 Å². The predicted molar refractivity (Wildman–Crippen MR) is 42.0 cm³/mol. The smallest absolute Gasteiger partial charge is 0.103 e. The van der Waals surface area contributed by atoms with E-state index in [-0.39, 0.29) is 0 Å². The maximum Gasteiger partial charge on any atom is 0.211 e. The third kappa shape index (κ3) is 6.27. The van der Waals surface area contributed by atoms with Gasteiger partial charge in [0.2, 0.25) is 16.3 Å². The maximum atomic E-state index is 3.67. The van der Waals surface area contributed by atoms with Crippen molar-refractivity contribution in [2.45, 2.75) is 31.0 Å². The topological polar surface area (TPSA) is 0 Å². The van der Waals surface area contributed by atoms with Gasteiger partial charge in [-0.2, -0.15) is 0 Å². The molecule has 0 aliphatic carbocycles. The van der Waals surface area contributed by atoms with Crippen molar-refractivity contribution in [3.05, 3.63) is 12.7 Å². The van der Waals surface area contributed by atoms with Crippen molar-refractivity contribution in [2.75, 3.05) is 0 Å². The number of unbranched alkanes of at least 4 members (excludes halogenated alkanes) is 3. The van der Waals surface area contributed by atoms with Crippen LogP contribution in [-0.4, -0.2) is 16.3 Å². The van der Waals surface area contributed by atoms with Crippen molar-refractivity contribution in [3.63, 3.8) is 0 Å². The summed E-state index contributed by atoms with van der Waals surface area (Å²) in [5, 5.41) is 1.47. The highest BCUT2D eigenvalue weighted by Gasteiger charge is 1.81. The lowest BCUT2D eigenvalue weighted by Gasteiger charge is -1.91. The molecule has 0 aromatic heterocycles. The van der Waals surface area contributed by atoms with Crippen molar-refractivity contribution in [2.24, 2.45) is 0 Å². The summed E-state index contributed by atoms with van der Waals surface area (Å²) in [6.45, 7) is 3.67. The highest BCUT2D eigenvalue weighted by Crippen LogP contribution is 2.00. The second kappa shape index (κ2) is 7.27. The summed E-state index contributed by atoms with van der Waals surface area (Å²) >= 11 is 1.38. The molecule has 0 saturated heterocycles. The van der Waals surface area contributed by atoms with Gasteiger partial charge in [-0.25, -0.2) is 0 Å². The van der Waals surface area contributed by atoms with E-state index in [0.29, 0.717) is 0 Å². The van der Waals surface area contributed by atoms with E-state index in [1.165, 1.54) is 47.3 Å². The van der Waals surface area contributed by atoms with Crippen LogP contribution in [0.4, 0.5) is 0 Å². The third-order valence-electron chi connectivity index (χ3n) is 1.26. The second-order valence-corrected chi connectivity index (χ2v) is 3.14. The Morgan fingerprint density at radius 2 is 2.00 bits per heavy atom. The minimum Gasteiger partial charge on any atom is -0.103 e. The molecule has 0 aromatic rings. The van der Waals surface area contributed by atoms with Crippen molar-refractivity contribution < 1.29 is 0 Å². The fourth-order valence-corrected chi connectivity index (χ4v) is 1.22. The number of allylic oxidation sites excluding steroid dienone is 1. The second-order valence-electron chi connectivity index (χ2n) is 2.14. The lowest BCUT2D eigenvalue weighted by Crippen LogP contribution is -1.73. The molecule has 0 bridgehead atoms. The molecule has 0 radical (unpaired) electrons. The average molecular weight is 126 g/mol. The van der Waals surface area contributed by atoms with E-state index in [1.807, 2.05) is 6.08 Å². The van der Waals surface area contributed by atoms with Crippen molar-refractivity contribution in [1.29, 1.82) is 0 Å². The van der Waals surface area contributed by atoms with E-state index in [1.54, 1.807) is 0 Å². The first-order chi connectivity index (χ1) is 3.91. The van der Waals surface area contributed by atoms with Crippen LogP contribution in [0.15, 0.2) is 12.7 Å². The van der Waals surface area contributed by atoms with Gasteiger partial charge in [-0.15, -0.1) is 11.9 Å². The predicted octanol–water partition coefficient (Wildman–Crippen LogP) is 1.78. The van der Waals surface area contributed by atoms with E-state index in [2.05, 4.69) is 6.58 Å². The van der Waals surface area contributed by atoms with Gasteiger partial charge >= 0.3 is 0 Å². The average Bonchev–Trinajstić information content (AvgIpc) is 1.81. The minimum atomic E-state index is 1.21. The molecular weight excluding hydrogens is 111 g/mol. The van der Waals surface area contributed by atoms with Gasteiger partial charge in [-0.1, -0.05) is 18.9 Å². The Balaban J connectivity index is 2.62. The number of rotatable bonds is 5. The zero-order valence-electron chi connectivity index (χ0n) is 5.82. The van der Waals surface area contributed by atoms with Crippen LogP contribution in [0, 0.1) is 0 Å². The molecule has 0 aliphatic rings. The van der Waals surface area contributed by atoms with Crippen LogP contribution in [0.25, 0.3) is 0 Å². The molecule has 0 aliphatic heterocycles. The van der Waals surface area contributed by atoms with E-state index in [9.17, 15) is 0 Å². The molecule has 8 heavy (non-hydrogen) atoms. The molecule has 1 heteroatoms. The summed E-state index contributed by atoms with van der Waals surface area (Å²) in [5.74, 6) is 0. The molecule has 0 rings (SSSR count). The van der Waals surface area contributed by atoms with Crippen LogP contribution in [0.2, 0.25) is 5.28 Å². The SMILES string of the molecule is C=CCCCC[CH2][AlH2]. The van der Waals surface area contributed by atoms with Crippen LogP contribution >= 0.6 is 0 Å². The van der Waals surface area contributed by atoms with Crippen molar-refractivity contribution >= 4 is 16.3 Å². The van der Waals surface area contributed by atoms with Gasteiger partial charge < -0.3 is 0 Å². The first-order valence-electron chi connectivity index (χ1n) is 3.52. The van der Waals surface area contributed by atoms with Crippen LogP contribution in [0.1, 0.15) is 25.7 Å². The molecule has 0 fully saturated rings. The van der Waals surface area contributed by atoms with E-state index >= 15 is 0 Å². The fourth-order valence-electron chi connectivity index (χ4n) is 0.715. The van der Waals surface area contributed by atoms with Gasteiger partial charge in [0.15, 0.2) is 0 Å². The molecule has 0 unspecified atom stereocenters. The van der Waals surface area contributed by atoms with Gasteiger partial charge in [0.1, 0.15) is 0 Å². The van der Waals surface area contributed by atoms with Crippen LogP contribution in [0.3, 0.4) is 0 Å². The minimum absolute atomic E-state index is 1.21. The molecule has 0 spiro atoms. The molecular formula is C7H15Al. The summed E-state index contributed by atoms with van der Waals surface area (Å²) in [5.41, 5.74) is 0. The largest absolute Gasteiger partial charge is 0.211 e. The highest BCUT2D eigenvalue weighted by molar-refractivity contribution is 6.08. The van der Waals surface area contributed by atoms with E-state index in [4.69, 9.17) is 0 Å². The zero-order chi connectivity index (χ0) is 6.24. The Morgan fingerprint density at radius 3 is 2.50 bits per heavy atom. The normalized spacial score (nSPS) is 9.00. The first-order valence-corrected chi connectivity index (χ1v) is 4.94. The molecule has 0 amide bonds. The van der Waals surface area contributed by atoms with Gasteiger partial charge in [0, 0.05) is 0 Å². The lowest BCUT2D eigenvalue weighted by molar-refractivity contribution is 0.729. The van der Waals surface area contributed by atoms with Crippen LogP contribution in [0.5, 0.6) is 0 Å². The maximum absolute atomic E-state index is 3.67.